The first-order valence-corrected chi connectivity index (χ1v) is 6.98. The van der Waals surface area contributed by atoms with Crippen LogP contribution >= 0.6 is 0 Å². The maximum Gasteiger partial charge on any atom is 0.415 e. The summed E-state index contributed by atoms with van der Waals surface area (Å²) in [6, 6.07) is 5.06. The van der Waals surface area contributed by atoms with Crippen molar-refractivity contribution in [1.82, 2.24) is 15.2 Å². The van der Waals surface area contributed by atoms with Gasteiger partial charge in [-0.2, -0.15) is 5.26 Å². The van der Waals surface area contributed by atoms with Crippen molar-refractivity contribution < 1.29 is 14.3 Å². The predicted octanol–water partition coefficient (Wildman–Crippen LogP) is 0.941. The van der Waals surface area contributed by atoms with Gasteiger partial charge in [0.15, 0.2) is 0 Å². The summed E-state index contributed by atoms with van der Waals surface area (Å²) >= 11 is 0. The topological polar surface area (TPSA) is 98.6 Å². The van der Waals surface area contributed by atoms with E-state index < -0.39 is 12.1 Å². The number of alkyl carbamates (subject to hydrolysis) is 1. The predicted molar refractivity (Wildman–Crippen MR) is 78.3 cm³/mol. The van der Waals surface area contributed by atoms with E-state index in [0.29, 0.717) is 31.7 Å². The fraction of sp³-hybridized carbons (Fsp3) is 0.429. The maximum atomic E-state index is 11.9. The summed E-state index contributed by atoms with van der Waals surface area (Å²) in [5.74, 6) is 0.768. The Morgan fingerprint density at radius 1 is 1.36 bits per heavy atom. The third-order valence-corrected chi connectivity index (χ3v) is 3.25. The summed E-state index contributed by atoms with van der Waals surface area (Å²) in [5.41, 5.74) is 0.510. The van der Waals surface area contributed by atoms with E-state index in [1.54, 1.807) is 24.0 Å². The number of carbonyl (C=O) groups is 2. The molecule has 8 heteroatoms. The number of amides is 3. The van der Waals surface area contributed by atoms with Gasteiger partial charge in [-0.1, -0.05) is 0 Å². The Morgan fingerprint density at radius 2 is 2.09 bits per heavy atom. The number of nitriles is 1. The van der Waals surface area contributed by atoms with Crippen LogP contribution in [-0.4, -0.2) is 54.8 Å². The van der Waals surface area contributed by atoms with Gasteiger partial charge in [0.2, 0.25) is 0 Å². The molecule has 1 N–H and O–H groups in total. The van der Waals surface area contributed by atoms with E-state index in [4.69, 9.17) is 5.26 Å². The van der Waals surface area contributed by atoms with E-state index in [9.17, 15) is 9.59 Å². The number of rotatable bonds is 2. The molecule has 0 aliphatic carbocycles. The van der Waals surface area contributed by atoms with Crippen LogP contribution in [0.25, 0.3) is 0 Å². The molecule has 0 aromatic carbocycles. The first-order valence-electron chi connectivity index (χ1n) is 6.98. The van der Waals surface area contributed by atoms with Crippen molar-refractivity contribution >= 4 is 17.9 Å². The smallest absolute Gasteiger partial charge is 0.415 e. The third kappa shape index (κ3) is 3.85. The molecule has 1 saturated heterocycles. The standard InChI is InChI=1S/C14H17N5O3/c1-2-22-14(21)17-13(20)19-7-5-18(6-8-19)12-4-3-11(9-15)10-16-12/h3-4,10H,2,5-8H2,1H3,(H,17,20,21). The third-order valence-electron chi connectivity index (χ3n) is 3.25. The molecule has 0 radical (unpaired) electrons. The highest BCUT2D eigenvalue weighted by molar-refractivity contribution is 5.90. The van der Waals surface area contributed by atoms with Gasteiger partial charge in [0.05, 0.1) is 12.2 Å². The van der Waals surface area contributed by atoms with Crippen LogP contribution in [0.1, 0.15) is 12.5 Å². The molecule has 1 fully saturated rings. The van der Waals surface area contributed by atoms with E-state index in [1.165, 1.54) is 6.20 Å². The monoisotopic (exact) mass is 303 g/mol. The molecule has 0 unspecified atom stereocenters. The number of nitrogens with one attached hydrogen (secondary N) is 1. The zero-order chi connectivity index (χ0) is 15.9. The number of aromatic nitrogens is 1. The molecule has 0 atom stereocenters. The number of imide groups is 1. The summed E-state index contributed by atoms with van der Waals surface area (Å²) in [4.78, 5) is 30.9. The fourth-order valence-corrected chi connectivity index (χ4v) is 2.11. The molecule has 0 saturated carbocycles. The lowest BCUT2D eigenvalue weighted by Crippen LogP contribution is -2.53. The number of carbonyl (C=O) groups excluding carboxylic acids is 2. The van der Waals surface area contributed by atoms with Crippen molar-refractivity contribution in [3.8, 4) is 6.07 Å². The van der Waals surface area contributed by atoms with Crippen LogP contribution in [0.2, 0.25) is 0 Å². The molecule has 1 aliphatic rings. The van der Waals surface area contributed by atoms with E-state index in [2.05, 4.69) is 15.0 Å². The van der Waals surface area contributed by atoms with Crippen LogP contribution in [0, 0.1) is 11.3 Å². The molecular formula is C14H17N5O3. The second kappa shape index (κ2) is 7.26. The lowest BCUT2D eigenvalue weighted by atomic mass is 10.2. The minimum atomic E-state index is -0.733. The SMILES string of the molecule is CCOC(=O)NC(=O)N1CCN(c2ccc(C#N)cn2)CC1. The van der Waals surface area contributed by atoms with E-state index in [0.717, 1.165) is 5.82 Å². The molecule has 2 rings (SSSR count). The second-order valence-electron chi connectivity index (χ2n) is 4.64. The Morgan fingerprint density at radius 3 is 2.64 bits per heavy atom. The summed E-state index contributed by atoms with van der Waals surface area (Å²) in [6.45, 7) is 4.06. The van der Waals surface area contributed by atoms with Crippen molar-refractivity contribution in [2.45, 2.75) is 6.92 Å². The normalized spacial score (nSPS) is 14.2. The number of anilines is 1. The Balaban J connectivity index is 1.85. The molecule has 116 valence electrons. The zero-order valence-electron chi connectivity index (χ0n) is 12.3. The van der Waals surface area contributed by atoms with Gasteiger partial charge in [0.1, 0.15) is 11.9 Å². The van der Waals surface area contributed by atoms with Crippen LogP contribution in [-0.2, 0) is 4.74 Å². The average molecular weight is 303 g/mol. The zero-order valence-corrected chi connectivity index (χ0v) is 12.3. The number of hydrogen-bond donors (Lipinski definition) is 1. The van der Waals surface area contributed by atoms with Crippen molar-refractivity contribution in [2.75, 3.05) is 37.7 Å². The van der Waals surface area contributed by atoms with Gasteiger partial charge in [0.25, 0.3) is 0 Å². The molecule has 1 aromatic rings. The molecule has 1 aromatic heterocycles. The van der Waals surface area contributed by atoms with Gasteiger partial charge in [-0.3, -0.25) is 0 Å². The lowest BCUT2D eigenvalue weighted by molar-refractivity contribution is 0.146. The molecule has 1 aliphatic heterocycles. The average Bonchev–Trinajstić information content (AvgIpc) is 2.55. The summed E-state index contributed by atoms with van der Waals surface area (Å²) in [6.07, 6.45) is 0.790. The van der Waals surface area contributed by atoms with Gasteiger partial charge < -0.3 is 14.5 Å². The number of pyridine rings is 1. The van der Waals surface area contributed by atoms with Crippen LogP contribution < -0.4 is 10.2 Å². The lowest BCUT2D eigenvalue weighted by Gasteiger charge is -2.35. The largest absolute Gasteiger partial charge is 0.450 e. The van der Waals surface area contributed by atoms with Crippen molar-refractivity contribution in [2.24, 2.45) is 0 Å². The molecule has 8 nitrogen and oxygen atoms in total. The first-order chi connectivity index (χ1) is 10.6. The summed E-state index contributed by atoms with van der Waals surface area (Å²) in [7, 11) is 0. The van der Waals surface area contributed by atoms with Gasteiger partial charge in [0, 0.05) is 32.4 Å². The number of ether oxygens (including phenoxy) is 1. The maximum absolute atomic E-state index is 11.9. The number of piperazine rings is 1. The van der Waals surface area contributed by atoms with Crippen molar-refractivity contribution in [3.05, 3.63) is 23.9 Å². The molecular weight excluding hydrogens is 286 g/mol. The molecule has 22 heavy (non-hydrogen) atoms. The molecule has 0 bridgehead atoms. The van der Waals surface area contributed by atoms with Crippen LogP contribution in [0.15, 0.2) is 18.3 Å². The van der Waals surface area contributed by atoms with Gasteiger partial charge >= 0.3 is 12.1 Å². The Bertz CT molecular complexity index is 573. The minimum Gasteiger partial charge on any atom is -0.450 e. The quantitative estimate of drug-likeness (QED) is 0.873. The van der Waals surface area contributed by atoms with Crippen LogP contribution in [0.5, 0.6) is 0 Å². The number of nitrogens with zero attached hydrogens (tertiary/aromatic N) is 4. The van der Waals surface area contributed by atoms with Gasteiger partial charge in [-0.05, 0) is 19.1 Å². The second-order valence-corrected chi connectivity index (χ2v) is 4.64. The van der Waals surface area contributed by atoms with Gasteiger partial charge in [-0.15, -0.1) is 0 Å². The summed E-state index contributed by atoms with van der Waals surface area (Å²) in [5, 5.41) is 10.9. The number of hydrogen-bond acceptors (Lipinski definition) is 6. The summed E-state index contributed by atoms with van der Waals surface area (Å²) < 4.78 is 4.67. The number of urea groups is 1. The van der Waals surface area contributed by atoms with Crippen LogP contribution in [0.3, 0.4) is 0 Å². The molecule has 3 amide bonds. The highest BCUT2D eigenvalue weighted by Gasteiger charge is 2.23. The molecule has 0 spiro atoms. The Hall–Kier alpha value is -2.82. The highest BCUT2D eigenvalue weighted by Crippen LogP contribution is 2.13. The van der Waals surface area contributed by atoms with E-state index >= 15 is 0 Å². The van der Waals surface area contributed by atoms with Crippen molar-refractivity contribution in [3.63, 3.8) is 0 Å². The first kappa shape index (κ1) is 15.6. The minimum absolute atomic E-state index is 0.219. The van der Waals surface area contributed by atoms with E-state index in [1.807, 2.05) is 11.0 Å². The highest BCUT2D eigenvalue weighted by atomic mass is 16.5. The fourth-order valence-electron chi connectivity index (χ4n) is 2.11. The van der Waals surface area contributed by atoms with E-state index in [-0.39, 0.29) is 6.61 Å². The molecule has 2 heterocycles. The van der Waals surface area contributed by atoms with Crippen LogP contribution in [0.4, 0.5) is 15.4 Å². The Kier molecular flexibility index (Phi) is 5.14. The van der Waals surface area contributed by atoms with Crippen molar-refractivity contribution in [1.29, 1.82) is 5.26 Å². The Labute approximate surface area is 128 Å². The van der Waals surface area contributed by atoms with Gasteiger partial charge in [-0.25, -0.2) is 19.9 Å².